The van der Waals surface area contributed by atoms with E-state index in [1.165, 1.54) is 0 Å². The smallest absolute Gasteiger partial charge is 0.249 e. The van der Waals surface area contributed by atoms with Gasteiger partial charge in [0.2, 0.25) is 5.91 Å². The summed E-state index contributed by atoms with van der Waals surface area (Å²) in [7, 11) is 0. The number of morpholine rings is 1. The number of hydrogen-bond donors (Lipinski definition) is 2. The van der Waals surface area contributed by atoms with Crippen LogP contribution in [0, 0.1) is 0 Å². The summed E-state index contributed by atoms with van der Waals surface area (Å²) < 4.78 is 7.06. The lowest BCUT2D eigenvalue weighted by Crippen LogP contribution is -2.44. The van der Waals surface area contributed by atoms with Gasteiger partial charge in [0.05, 0.1) is 36.4 Å². The molecule has 24 heavy (non-hydrogen) atoms. The van der Waals surface area contributed by atoms with E-state index in [1.807, 2.05) is 0 Å². The fourth-order valence-electron chi connectivity index (χ4n) is 2.94. The van der Waals surface area contributed by atoms with Crippen LogP contribution in [0.3, 0.4) is 0 Å². The molecular formula is C15H17N7O2. The van der Waals surface area contributed by atoms with Gasteiger partial charge in [-0.1, -0.05) is 0 Å². The van der Waals surface area contributed by atoms with Crippen LogP contribution in [-0.4, -0.2) is 56.7 Å². The molecule has 9 heteroatoms. The second-order valence-electron chi connectivity index (χ2n) is 5.74. The van der Waals surface area contributed by atoms with Gasteiger partial charge in [-0.2, -0.15) is 14.9 Å². The molecule has 0 aliphatic carbocycles. The van der Waals surface area contributed by atoms with E-state index in [2.05, 4.69) is 27.1 Å². The summed E-state index contributed by atoms with van der Waals surface area (Å²) in [5, 5.41) is 11.8. The highest BCUT2D eigenvalue weighted by Crippen LogP contribution is 2.26. The van der Waals surface area contributed by atoms with Gasteiger partial charge in [0, 0.05) is 18.8 Å². The molecule has 9 nitrogen and oxygen atoms in total. The number of carbonyl (C=O) groups is 1. The quantitative estimate of drug-likeness (QED) is 0.722. The molecule has 1 aliphatic heterocycles. The van der Waals surface area contributed by atoms with Crippen LogP contribution in [-0.2, 0) is 4.74 Å². The second kappa shape index (κ2) is 5.60. The molecule has 4 rings (SSSR count). The third-order valence-electron chi connectivity index (χ3n) is 4.16. The summed E-state index contributed by atoms with van der Waals surface area (Å²) in [6.45, 7) is 3.99. The van der Waals surface area contributed by atoms with Gasteiger partial charge in [-0.15, -0.1) is 0 Å². The van der Waals surface area contributed by atoms with Gasteiger partial charge in [0.15, 0.2) is 11.5 Å². The van der Waals surface area contributed by atoms with E-state index in [0.717, 1.165) is 0 Å². The number of H-pyrrole nitrogens is 1. The fourth-order valence-corrected chi connectivity index (χ4v) is 2.94. The minimum absolute atomic E-state index is 0.159. The summed E-state index contributed by atoms with van der Waals surface area (Å²) in [5.41, 5.74) is 6.52. The number of pyridine rings is 1. The van der Waals surface area contributed by atoms with Crippen LogP contribution in [0.25, 0.3) is 16.9 Å². The summed E-state index contributed by atoms with van der Waals surface area (Å²) >= 11 is 0. The van der Waals surface area contributed by atoms with Crippen LogP contribution in [0.1, 0.15) is 17.3 Å². The topological polar surface area (TPSA) is 115 Å². The number of aromatic nitrogens is 5. The van der Waals surface area contributed by atoms with Crippen LogP contribution < -0.4 is 10.6 Å². The first-order chi connectivity index (χ1) is 11.6. The van der Waals surface area contributed by atoms with Crippen LogP contribution in [0.2, 0.25) is 0 Å². The molecule has 1 saturated heterocycles. The molecule has 0 radical (unpaired) electrons. The van der Waals surface area contributed by atoms with Crippen LogP contribution in [0.5, 0.6) is 0 Å². The van der Waals surface area contributed by atoms with Crippen molar-refractivity contribution in [3.63, 3.8) is 0 Å². The zero-order valence-corrected chi connectivity index (χ0v) is 13.1. The number of carbonyl (C=O) groups excluding carboxylic acids is 1. The standard InChI is InChI=1S/C15H17N7O2/c1-9-8-24-5-4-21(9)13-6-10(14(16)23)11-7-18-22(15(11)19-13)12-2-3-17-20-12/h2-3,6-7,9H,4-5,8H2,1H3,(H2,16,23)(H,17,20)/t9-/m1/s1. The first kappa shape index (κ1) is 14.6. The Bertz CT molecular complexity index is 887. The number of nitrogens with two attached hydrogens (primary N) is 1. The molecule has 1 fully saturated rings. The monoisotopic (exact) mass is 327 g/mol. The van der Waals surface area contributed by atoms with Gasteiger partial charge in [-0.05, 0) is 13.0 Å². The first-order valence-electron chi connectivity index (χ1n) is 7.68. The predicted molar refractivity (Wildman–Crippen MR) is 87.2 cm³/mol. The lowest BCUT2D eigenvalue weighted by atomic mass is 10.1. The number of nitrogens with one attached hydrogen (secondary N) is 1. The van der Waals surface area contributed by atoms with Crippen molar-refractivity contribution >= 4 is 22.8 Å². The SMILES string of the molecule is C[C@@H]1COCCN1c1cc(C(N)=O)c2cnn(-c3cc[nH]n3)c2n1. The number of aromatic amines is 1. The Kier molecular flexibility index (Phi) is 3.42. The van der Waals surface area contributed by atoms with Crippen molar-refractivity contribution in [3.8, 4) is 5.82 Å². The van der Waals surface area contributed by atoms with Crippen LogP contribution in [0.15, 0.2) is 24.5 Å². The zero-order chi connectivity index (χ0) is 16.7. The van der Waals surface area contributed by atoms with Crippen molar-refractivity contribution in [1.29, 1.82) is 0 Å². The predicted octanol–water partition coefficient (Wildman–Crippen LogP) is 0.468. The molecule has 0 aromatic carbocycles. The number of primary amides is 1. The Labute approximate surface area is 137 Å². The minimum atomic E-state index is -0.508. The summed E-state index contributed by atoms with van der Waals surface area (Å²) in [6, 6.07) is 3.66. The van der Waals surface area contributed by atoms with Gasteiger partial charge >= 0.3 is 0 Å². The summed E-state index contributed by atoms with van der Waals surface area (Å²) in [5.74, 6) is 0.774. The van der Waals surface area contributed by atoms with E-state index < -0.39 is 5.91 Å². The zero-order valence-electron chi connectivity index (χ0n) is 13.1. The molecule has 4 heterocycles. The lowest BCUT2D eigenvalue weighted by Gasteiger charge is -2.34. The maximum Gasteiger partial charge on any atom is 0.249 e. The van der Waals surface area contributed by atoms with E-state index in [0.29, 0.717) is 48.0 Å². The Balaban J connectivity index is 1.92. The minimum Gasteiger partial charge on any atom is -0.377 e. The number of anilines is 1. The van der Waals surface area contributed by atoms with E-state index in [4.69, 9.17) is 15.5 Å². The molecule has 1 amide bonds. The second-order valence-corrected chi connectivity index (χ2v) is 5.74. The van der Waals surface area contributed by atoms with Gasteiger partial charge in [-0.3, -0.25) is 9.89 Å². The number of nitrogens with zero attached hydrogens (tertiary/aromatic N) is 5. The van der Waals surface area contributed by atoms with E-state index >= 15 is 0 Å². The highest BCUT2D eigenvalue weighted by Gasteiger charge is 2.24. The van der Waals surface area contributed by atoms with Crippen molar-refractivity contribution in [3.05, 3.63) is 30.1 Å². The maximum atomic E-state index is 11.9. The van der Waals surface area contributed by atoms with Crippen LogP contribution >= 0.6 is 0 Å². The van der Waals surface area contributed by atoms with Crippen molar-refractivity contribution in [1.82, 2.24) is 25.0 Å². The Hall–Kier alpha value is -2.94. The van der Waals surface area contributed by atoms with E-state index in [1.54, 1.807) is 29.2 Å². The molecule has 1 aliphatic rings. The van der Waals surface area contributed by atoms with Crippen LogP contribution in [0.4, 0.5) is 5.82 Å². The first-order valence-corrected chi connectivity index (χ1v) is 7.68. The van der Waals surface area contributed by atoms with Gasteiger partial charge < -0.3 is 15.4 Å². The van der Waals surface area contributed by atoms with Gasteiger partial charge in [0.1, 0.15) is 5.82 Å². The molecule has 0 unspecified atom stereocenters. The Morgan fingerprint density at radius 2 is 2.33 bits per heavy atom. The molecule has 0 spiro atoms. The molecule has 0 saturated carbocycles. The molecular weight excluding hydrogens is 310 g/mol. The average Bonchev–Trinajstić information content (AvgIpc) is 3.23. The van der Waals surface area contributed by atoms with E-state index in [-0.39, 0.29) is 6.04 Å². The molecule has 3 aromatic heterocycles. The number of ether oxygens (including phenoxy) is 1. The molecule has 124 valence electrons. The normalized spacial score (nSPS) is 18.2. The Morgan fingerprint density at radius 1 is 1.46 bits per heavy atom. The molecule has 3 N–H and O–H groups in total. The third-order valence-corrected chi connectivity index (χ3v) is 4.16. The highest BCUT2D eigenvalue weighted by atomic mass is 16.5. The van der Waals surface area contributed by atoms with Crippen molar-refractivity contribution in [2.24, 2.45) is 5.73 Å². The van der Waals surface area contributed by atoms with Crippen molar-refractivity contribution < 1.29 is 9.53 Å². The van der Waals surface area contributed by atoms with Crippen molar-refractivity contribution in [2.75, 3.05) is 24.7 Å². The molecule has 0 bridgehead atoms. The lowest BCUT2D eigenvalue weighted by molar-refractivity contribution is 0.0984. The van der Waals surface area contributed by atoms with Crippen molar-refractivity contribution in [2.45, 2.75) is 13.0 Å². The number of fused-ring (bicyclic) bond motifs is 1. The Morgan fingerprint density at radius 3 is 3.04 bits per heavy atom. The fraction of sp³-hybridized carbons (Fsp3) is 0.333. The average molecular weight is 327 g/mol. The van der Waals surface area contributed by atoms with Gasteiger partial charge in [0.25, 0.3) is 0 Å². The number of hydrogen-bond acceptors (Lipinski definition) is 6. The molecule has 3 aromatic rings. The number of rotatable bonds is 3. The number of amides is 1. The summed E-state index contributed by atoms with van der Waals surface area (Å²) in [6.07, 6.45) is 3.29. The maximum absolute atomic E-state index is 11.9. The van der Waals surface area contributed by atoms with E-state index in [9.17, 15) is 4.79 Å². The van der Waals surface area contributed by atoms with Gasteiger partial charge in [-0.25, -0.2) is 4.98 Å². The largest absolute Gasteiger partial charge is 0.377 e. The molecule has 1 atom stereocenters. The highest BCUT2D eigenvalue weighted by molar-refractivity contribution is 6.05. The third kappa shape index (κ3) is 2.29. The summed E-state index contributed by atoms with van der Waals surface area (Å²) in [4.78, 5) is 18.7.